The van der Waals surface area contributed by atoms with E-state index in [-0.39, 0.29) is 18.1 Å². The summed E-state index contributed by atoms with van der Waals surface area (Å²) in [5.41, 5.74) is 2.50. The molecule has 3 amide bonds. The molecule has 2 atom stereocenters. The number of carbonyl (C=O) groups excluding carboxylic acids is 3. The number of ether oxygens (including phenoxy) is 1. The highest BCUT2D eigenvalue weighted by Gasteiger charge is 2.27. The summed E-state index contributed by atoms with van der Waals surface area (Å²) in [6, 6.07) is 11.8. The second kappa shape index (κ2) is 13.0. The minimum atomic E-state index is -1.01. The summed E-state index contributed by atoms with van der Waals surface area (Å²) < 4.78 is 5.32. The topological polar surface area (TPSA) is 117 Å². The van der Waals surface area contributed by atoms with E-state index in [1.165, 1.54) is 5.56 Å². The number of amides is 3. The third kappa shape index (κ3) is 9.24. The smallest absolute Gasteiger partial charge is 0.408 e. The second-order valence-electron chi connectivity index (χ2n) is 10.0. The van der Waals surface area contributed by atoms with Gasteiger partial charge in [-0.05, 0) is 76.6 Å². The lowest BCUT2D eigenvalue weighted by atomic mass is 9.97. The van der Waals surface area contributed by atoms with Crippen LogP contribution in [0.25, 0.3) is 0 Å². The summed E-state index contributed by atoms with van der Waals surface area (Å²) in [6.07, 6.45) is 0.993. The number of hydrogen-bond acceptors (Lipinski definition) is 5. The van der Waals surface area contributed by atoms with Crippen molar-refractivity contribution in [1.29, 1.82) is 0 Å². The molecule has 0 bridgehead atoms. The Bertz CT molecular complexity index is 1050. The van der Waals surface area contributed by atoms with Crippen molar-refractivity contribution in [2.75, 3.05) is 6.54 Å². The second-order valence-corrected chi connectivity index (χ2v) is 10.0. The number of phenols is 1. The van der Waals surface area contributed by atoms with Crippen LogP contribution in [-0.2, 0) is 27.2 Å². The molecule has 2 aromatic carbocycles. The number of rotatable bonds is 10. The maximum absolute atomic E-state index is 13.1. The lowest BCUT2D eigenvalue weighted by Crippen LogP contribution is -2.54. The molecule has 0 aliphatic rings. The zero-order chi connectivity index (χ0) is 26.9. The molecule has 0 heterocycles. The van der Waals surface area contributed by atoms with E-state index in [1.807, 2.05) is 36.4 Å². The zero-order valence-corrected chi connectivity index (χ0v) is 22.1. The first-order valence-corrected chi connectivity index (χ1v) is 12.3. The highest BCUT2D eigenvalue weighted by molar-refractivity contribution is 5.91. The first kappa shape index (κ1) is 28.7. The molecule has 4 N–H and O–H groups in total. The fourth-order valence-electron chi connectivity index (χ4n) is 3.66. The Labute approximate surface area is 213 Å². The molecule has 1 unspecified atom stereocenters. The highest BCUT2D eigenvalue weighted by Crippen LogP contribution is 2.25. The van der Waals surface area contributed by atoms with Crippen molar-refractivity contribution >= 4 is 17.9 Å². The maximum atomic E-state index is 13.1. The van der Waals surface area contributed by atoms with Crippen LogP contribution in [0.4, 0.5) is 4.79 Å². The van der Waals surface area contributed by atoms with Gasteiger partial charge in [0.15, 0.2) is 0 Å². The molecular formula is C28H39N3O5. The zero-order valence-electron chi connectivity index (χ0n) is 22.1. The molecule has 0 spiro atoms. The number of hydrogen-bond donors (Lipinski definition) is 4. The van der Waals surface area contributed by atoms with Gasteiger partial charge in [-0.3, -0.25) is 9.59 Å². The van der Waals surface area contributed by atoms with Gasteiger partial charge < -0.3 is 25.8 Å². The predicted octanol–water partition coefficient (Wildman–Crippen LogP) is 3.70. The molecule has 0 aliphatic carbocycles. The van der Waals surface area contributed by atoms with Gasteiger partial charge in [0.05, 0.1) is 0 Å². The summed E-state index contributed by atoms with van der Waals surface area (Å²) in [5, 5.41) is 18.4. The van der Waals surface area contributed by atoms with Crippen LogP contribution in [0.15, 0.2) is 42.5 Å². The van der Waals surface area contributed by atoms with Crippen molar-refractivity contribution < 1.29 is 24.2 Å². The van der Waals surface area contributed by atoms with Crippen molar-refractivity contribution in [1.82, 2.24) is 16.0 Å². The van der Waals surface area contributed by atoms with Crippen LogP contribution < -0.4 is 16.0 Å². The summed E-state index contributed by atoms with van der Waals surface area (Å²) >= 11 is 0. The van der Waals surface area contributed by atoms with Crippen molar-refractivity contribution in [3.63, 3.8) is 0 Å². The van der Waals surface area contributed by atoms with Gasteiger partial charge >= 0.3 is 6.09 Å². The third-order valence-corrected chi connectivity index (χ3v) is 5.71. The van der Waals surface area contributed by atoms with E-state index in [1.54, 1.807) is 47.6 Å². The number of aromatic hydroxyl groups is 1. The van der Waals surface area contributed by atoms with Gasteiger partial charge in [-0.2, -0.15) is 0 Å². The van der Waals surface area contributed by atoms with E-state index in [0.717, 1.165) is 18.4 Å². The predicted molar refractivity (Wildman–Crippen MR) is 140 cm³/mol. The lowest BCUT2D eigenvalue weighted by molar-refractivity contribution is -0.129. The van der Waals surface area contributed by atoms with Crippen LogP contribution in [0.3, 0.4) is 0 Å². The average molecular weight is 498 g/mol. The van der Waals surface area contributed by atoms with Crippen LogP contribution in [-0.4, -0.2) is 47.2 Å². The Balaban J connectivity index is 2.01. The standard InChI is InChI=1S/C28H39N3O5/c1-18-14-15-22(19(2)24(18)32)17-23(31-27(35)36-28(4,5)6)26(34)30-20(3)25(33)29-16-10-13-21-11-8-7-9-12-21/h7-9,11-12,14-15,20,23,32H,10,13,16-17H2,1-6H3,(H,29,33)(H,30,34)(H,31,35)/t20-,23?/m1/s1. The minimum Gasteiger partial charge on any atom is -0.507 e. The molecule has 2 rings (SSSR count). The van der Waals surface area contributed by atoms with Gasteiger partial charge in [-0.1, -0.05) is 42.5 Å². The number of nitrogens with one attached hydrogen (secondary N) is 3. The molecule has 196 valence electrons. The molecule has 0 aliphatic heterocycles. The minimum absolute atomic E-state index is 0.121. The third-order valence-electron chi connectivity index (χ3n) is 5.71. The van der Waals surface area contributed by atoms with Crippen molar-refractivity contribution in [2.24, 2.45) is 0 Å². The Morgan fingerprint density at radius 2 is 1.64 bits per heavy atom. The summed E-state index contributed by atoms with van der Waals surface area (Å²) in [4.78, 5) is 38.1. The van der Waals surface area contributed by atoms with E-state index in [2.05, 4.69) is 16.0 Å². The molecule has 2 aromatic rings. The number of phenolic OH excluding ortho intramolecular Hbond substituents is 1. The lowest BCUT2D eigenvalue weighted by Gasteiger charge is -2.25. The van der Waals surface area contributed by atoms with Gasteiger partial charge in [0.2, 0.25) is 11.8 Å². The fourth-order valence-corrected chi connectivity index (χ4v) is 3.66. The van der Waals surface area contributed by atoms with E-state index in [4.69, 9.17) is 4.74 Å². The molecule has 0 saturated carbocycles. The Morgan fingerprint density at radius 1 is 0.972 bits per heavy atom. The fraction of sp³-hybridized carbons (Fsp3) is 0.464. The van der Waals surface area contributed by atoms with Crippen molar-refractivity contribution in [2.45, 2.75) is 78.5 Å². The van der Waals surface area contributed by atoms with Gasteiger partial charge in [-0.25, -0.2) is 4.79 Å². The SMILES string of the molecule is Cc1ccc(CC(NC(=O)OC(C)(C)C)C(=O)N[C@H](C)C(=O)NCCCc2ccccc2)c(C)c1O. The molecular weight excluding hydrogens is 458 g/mol. The van der Waals surface area contributed by atoms with Crippen LogP contribution in [0.1, 0.15) is 56.4 Å². The number of aryl methyl sites for hydroxylation is 2. The van der Waals surface area contributed by atoms with E-state index < -0.39 is 29.7 Å². The monoisotopic (exact) mass is 497 g/mol. The van der Waals surface area contributed by atoms with Crippen molar-refractivity contribution in [3.05, 3.63) is 64.7 Å². The largest absolute Gasteiger partial charge is 0.507 e. The van der Waals surface area contributed by atoms with E-state index in [9.17, 15) is 19.5 Å². The quantitative estimate of drug-likeness (QED) is 0.374. The van der Waals surface area contributed by atoms with Gasteiger partial charge in [0, 0.05) is 13.0 Å². The molecule has 8 heteroatoms. The maximum Gasteiger partial charge on any atom is 0.408 e. The Morgan fingerprint density at radius 3 is 2.28 bits per heavy atom. The Hall–Kier alpha value is -3.55. The first-order chi connectivity index (χ1) is 16.9. The first-order valence-electron chi connectivity index (χ1n) is 12.3. The van der Waals surface area contributed by atoms with Gasteiger partial charge in [-0.15, -0.1) is 0 Å². The number of benzene rings is 2. The molecule has 0 aromatic heterocycles. The summed E-state index contributed by atoms with van der Waals surface area (Å²) in [5.74, 6) is -0.684. The van der Waals surface area contributed by atoms with E-state index in [0.29, 0.717) is 17.7 Å². The van der Waals surface area contributed by atoms with Crippen molar-refractivity contribution in [3.8, 4) is 5.75 Å². The molecule has 0 fully saturated rings. The van der Waals surface area contributed by atoms with Crippen LogP contribution in [0.5, 0.6) is 5.75 Å². The average Bonchev–Trinajstić information content (AvgIpc) is 2.80. The molecule has 8 nitrogen and oxygen atoms in total. The summed E-state index contributed by atoms with van der Waals surface area (Å²) in [7, 11) is 0. The molecule has 36 heavy (non-hydrogen) atoms. The Kier molecular flexibility index (Phi) is 10.3. The van der Waals surface area contributed by atoms with Gasteiger partial charge in [0.1, 0.15) is 23.4 Å². The van der Waals surface area contributed by atoms with Crippen LogP contribution in [0, 0.1) is 13.8 Å². The van der Waals surface area contributed by atoms with Crippen LogP contribution >= 0.6 is 0 Å². The normalized spacial score (nSPS) is 12.8. The molecule has 0 saturated heterocycles. The highest BCUT2D eigenvalue weighted by atomic mass is 16.6. The summed E-state index contributed by atoms with van der Waals surface area (Å²) in [6.45, 7) is 10.8. The van der Waals surface area contributed by atoms with Crippen LogP contribution in [0.2, 0.25) is 0 Å². The molecule has 0 radical (unpaired) electrons. The number of alkyl carbamates (subject to hydrolysis) is 1. The number of carbonyl (C=O) groups is 3. The van der Waals surface area contributed by atoms with E-state index >= 15 is 0 Å². The van der Waals surface area contributed by atoms with Gasteiger partial charge in [0.25, 0.3) is 0 Å².